The normalized spacial score (nSPS) is 18.7. The van der Waals surface area contributed by atoms with E-state index in [2.05, 4.69) is 5.32 Å². The number of halogens is 2. The summed E-state index contributed by atoms with van der Waals surface area (Å²) >= 11 is 12.1. The average molecular weight is 406 g/mol. The van der Waals surface area contributed by atoms with E-state index in [1.165, 1.54) is 0 Å². The fourth-order valence-electron chi connectivity index (χ4n) is 3.47. The molecule has 0 aliphatic carbocycles. The summed E-state index contributed by atoms with van der Waals surface area (Å²) in [5.41, 5.74) is 6.89. The van der Waals surface area contributed by atoms with Crippen molar-refractivity contribution in [2.45, 2.75) is 18.9 Å². The standard InChI is InChI=1S/C20H21Cl2N3O2/c21-15-9-16(22)11-17(10-15)24-20(27)18(13-5-2-1-3-6-13)25-8-4-7-14(12-25)19(23)26/h1-3,5-6,9-11,14,18H,4,7-8,12H2,(H2,23,26)(H,24,27)/t14-,18+/m0/s1. The van der Waals surface area contributed by atoms with Crippen molar-refractivity contribution in [3.8, 4) is 0 Å². The number of benzene rings is 2. The Labute approximate surface area is 168 Å². The number of hydrogen-bond acceptors (Lipinski definition) is 3. The van der Waals surface area contributed by atoms with Crippen molar-refractivity contribution in [2.24, 2.45) is 11.7 Å². The number of carbonyl (C=O) groups is 2. The molecule has 27 heavy (non-hydrogen) atoms. The largest absolute Gasteiger partial charge is 0.369 e. The maximum Gasteiger partial charge on any atom is 0.246 e. The van der Waals surface area contributed by atoms with Crippen molar-refractivity contribution in [1.82, 2.24) is 4.90 Å². The van der Waals surface area contributed by atoms with Gasteiger partial charge in [-0.3, -0.25) is 14.5 Å². The van der Waals surface area contributed by atoms with Gasteiger partial charge in [0.15, 0.2) is 0 Å². The van der Waals surface area contributed by atoms with Gasteiger partial charge >= 0.3 is 0 Å². The van der Waals surface area contributed by atoms with Gasteiger partial charge in [0.05, 0.1) is 5.92 Å². The van der Waals surface area contributed by atoms with E-state index < -0.39 is 6.04 Å². The number of piperidine rings is 1. The van der Waals surface area contributed by atoms with Gasteiger partial charge in [0, 0.05) is 22.3 Å². The number of nitrogens with one attached hydrogen (secondary N) is 1. The van der Waals surface area contributed by atoms with Gasteiger partial charge in [0.1, 0.15) is 6.04 Å². The second kappa shape index (κ2) is 8.74. The van der Waals surface area contributed by atoms with Crippen LogP contribution >= 0.6 is 23.2 Å². The molecule has 0 unspecified atom stereocenters. The summed E-state index contributed by atoms with van der Waals surface area (Å²) in [6, 6.07) is 13.9. The highest BCUT2D eigenvalue weighted by atomic mass is 35.5. The highest BCUT2D eigenvalue weighted by Crippen LogP contribution is 2.29. The van der Waals surface area contributed by atoms with Crippen LogP contribution in [0.3, 0.4) is 0 Å². The molecule has 2 amide bonds. The van der Waals surface area contributed by atoms with Gasteiger partial charge in [-0.05, 0) is 43.1 Å². The minimum atomic E-state index is -0.536. The van der Waals surface area contributed by atoms with Gasteiger partial charge in [0.25, 0.3) is 0 Å². The van der Waals surface area contributed by atoms with Crippen LogP contribution in [0.25, 0.3) is 0 Å². The summed E-state index contributed by atoms with van der Waals surface area (Å²) in [7, 11) is 0. The van der Waals surface area contributed by atoms with Crippen LogP contribution in [-0.4, -0.2) is 29.8 Å². The van der Waals surface area contributed by atoms with Crippen LogP contribution in [0, 0.1) is 5.92 Å². The number of anilines is 1. The molecule has 1 saturated heterocycles. The Morgan fingerprint density at radius 2 is 1.78 bits per heavy atom. The lowest BCUT2D eigenvalue weighted by Crippen LogP contribution is -2.46. The molecule has 2 aromatic rings. The number of hydrogen-bond donors (Lipinski definition) is 2. The summed E-state index contributed by atoms with van der Waals surface area (Å²) in [5.74, 6) is -0.781. The predicted octanol–water partition coefficient (Wildman–Crippen LogP) is 3.87. The maximum absolute atomic E-state index is 13.2. The fourth-order valence-corrected chi connectivity index (χ4v) is 4.00. The second-order valence-electron chi connectivity index (χ2n) is 6.70. The monoisotopic (exact) mass is 405 g/mol. The minimum Gasteiger partial charge on any atom is -0.369 e. The third-order valence-electron chi connectivity index (χ3n) is 4.71. The quantitative estimate of drug-likeness (QED) is 0.792. The van der Waals surface area contributed by atoms with Crippen LogP contribution in [0.4, 0.5) is 5.69 Å². The Morgan fingerprint density at radius 3 is 2.41 bits per heavy atom. The molecule has 0 spiro atoms. The van der Waals surface area contributed by atoms with Crippen LogP contribution in [-0.2, 0) is 9.59 Å². The van der Waals surface area contributed by atoms with Crippen LogP contribution < -0.4 is 11.1 Å². The first-order valence-corrected chi connectivity index (χ1v) is 9.55. The molecule has 1 fully saturated rings. The Balaban J connectivity index is 1.87. The van der Waals surface area contributed by atoms with Crippen molar-refractivity contribution in [2.75, 3.05) is 18.4 Å². The molecule has 2 atom stereocenters. The Morgan fingerprint density at radius 1 is 1.11 bits per heavy atom. The van der Waals surface area contributed by atoms with Crippen LogP contribution in [0.1, 0.15) is 24.4 Å². The summed E-state index contributed by atoms with van der Waals surface area (Å²) in [4.78, 5) is 26.8. The first-order valence-electron chi connectivity index (χ1n) is 8.79. The number of primary amides is 1. The van der Waals surface area contributed by atoms with Crippen LogP contribution in [0.15, 0.2) is 48.5 Å². The molecule has 1 heterocycles. The number of nitrogens with zero attached hydrogens (tertiary/aromatic N) is 1. The molecule has 5 nitrogen and oxygen atoms in total. The Kier molecular flexibility index (Phi) is 6.37. The van der Waals surface area contributed by atoms with Crippen molar-refractivity contribution in [1.29, 1.82) is 0 Å². The van der Waals surface area contributed by atoms with E-state index in [1.54, 1.807) is 18.2 Å². The minimum absolute atomic E-state index is 0.204. The molecular weight excluding hydrogens is 385 g/mol. The highest BCUT2D eigenvalue weighted by molar-refractivity contribution is 6.35. The maximum atomic E-state index is 13.2. The van der Waals surface area contributed by atoms with Crippen LogP contribution in [0.2, 0.25) is 10.0 Å². The Bertz CT molecular complexity index is 809. The first-order chi connectivity index (χ1) is 12.9. The van der Waals surface area contributed by atoms with Crippen molar-refractivity contribution in [3.63, 3.8) is 0 Å². The van der Waals surface area contributed by atoms with E-state index in [1.807, 2.05) is 35.2 Å². The fraction of sp³-hybridized carbons (Fsp3) is 0.300. The van der Waals surface area contributed by atoms with Crippen molar-refractivity contribution in [3.05, 3.63) is 64.1 Å². The topological polar surface area (TPSA) is 75.4 Å². The smallest absolute Gasteiger partial charge is 0.246 e. The van der Waals surface area contributed by atoms with E-state index in [-0.39, 0.29) is 17.7 Å². The van der Waals surface area contributed by atoms with Crippen LogP contribution in [0.5, 0.6) is 0 Å². The highest BCUT2D eigenvalue weighted by Gasteiger charge is 2.33. The van der Waals surface area contributed by atoms with E-state index in [4.69, 9.17) is 28.9 Å². The third kappa shape index (κ3) is 5.01. The van der Waals surface area contributed by atoms with Gasteiger partial charge in [-0.15, -0.1) is 0 Å². The zero-order chi connectivity index (χ0) is 19.4. The number of likely N-dealkylation sites (tertiary alicyclic amines) is 1. The first kappa shape index (κ1) is 19.7. The summed E-state index contributed by atoms with van der Waals surface area (Å²) in [6.45, 7) is 1.17. The molecule has 7 heteroatoms. The van der Waals surface area contributed by atoms with Crippen molar-refractivity contribution >= 4 is 40.7 Å². The lowest BCUT2D eigenvalue weighted by atomic mass is 9.94. The Hall–Kier alpha value is -2.08. The van der Waals surface area contributed by atoms with Gasteiger partial charge in [-0.1, -0.05) is 53.5 Å². The lowest BCUT2D eigenvalue weighted by molar-refractivity contribution is -0.127. The molecule has 0 radical (unpaired) electrons. The number of nitrogens with two attached hydrogens (primary N) is 1. The summed E-state index contributed by atoms with van der Waals surface area (Å²) in [6.07, 6.45) is 1.56. The predicted molar refractivity (Wildman–Crippen MR) is 108 cm³/mol. The zero-order valence-corrected chi connectivity index (χ0v) is 16.2. The molecule has 3 rings (SSSR count). The molecule has 2 aromatic carbocycles. The van der Waals surface area contributed by atoms with E-state index in [9.17, 15) is 9.59 Å². The summed E-state index contributed by atoms with van der Waals surface area (Å²) < 4.78 is 0. The van der Waals surface area contributed by atoms with Gasteiger partial charge < -0.3 is 11.1 Å². The zero-order valence-electron chi connectivity index (χ0n) is 14.7. The van der Waals surface area contributed by atoms with Gasteiger partial charge in [-0.25, -0.2) is 0 Å². The van der Waals surface area contributed by atoms with Gasteiger partial charge in [0.2, 0.25) is 11.8 Å². The van der Waals surface area contributed by atoms with E-state index in [0.29, 0.717) is 28.8 Å². The molecule has 1 aliphatic heterocycles. The van der Waals surface area contributed by atoms with Gasteiger partial charge in [-0.2, -0.15) is 0 Å². The molecule has 0 bridgehead atoms. The molecular formula is C20H21Cl2N3O2. The lowest BCUT2D eigenvalue weighted by Gasteiger charge is -2.36. The van der Waals surface area contributed by atoms with E-state index >= 15 is 0 Å². The molecule has 142 valence electrons. The average Bonchev–Trinajstić information content (AvgIpc) is 2.62. The third-order valence-corrected chi connectivity index (χ3v) is 5.15. The molecule has 0 aromatic heterocycles. The number of carbonyl (C=O) groups excluding carboxylic acids is 2. The van der Waals surface area contributed by atoms with Crippen molar-refractivity contribution < 1.29 is 9.59 Å². The summed E-state index contributed by atoms with van der Waals surface area (Å²) in [5, 5.41) is 3.79. The van der Waals surface area contributed by atoms with E-state index in [0.717, 1.165) is 18.4 Å². The molecule has 0 saturated carbocycles. The number of rotatable bonds is 5. The number of amides is 2. The molecule has 3 N–H and O–H groups in total. The molecule has 1 aliphatic rings. The second-order valence-corrected chi connectivity index (χ2v) is 7.57. The SMILES string of the molecule is NC(=O)[C@H]1CCCN([C@@H](C(=O)Nc2cc(Cl)cc(Cl)c2)c2ccccc2)C1.